The van der Waals surface area contributed by atoms with Crippen LogP contribution in [0, 0.1) is 12.8 Å². The number of aryl methyl sites for hydroxylation is 1. The van der Waals surface area contributed by atoms with Gasteiger partial charge >= 0.3 is 0 Å². The van der Waals surface area contributed by atoms with Gasteiger partial charge in [-0.15, -0.1) is 0 Å². The Morgan fingerprint density at radius 3 is 2.46 bits per heavy atom. The summed E-state index contributed by atoms with van der Waals surface area (Å²) in [5.74, 6) is 0.422. The molecule has 1 aliphatic rings. The maximum atomic E-state index is 12.7. The lowest BCUT2D eigenvalue weighted by atomic mass is 9.98. The van der Waals surface area contributed by atoms with E-state index in [-0.39, 0.29) is 11.8 Å². The number of hydrogen-bond donors (Lipinski definition) is 1. The molecule has 0 saturated carbocycles. The summed E-state index contributed by atoms with van der Waals surface area (Å²) in [7, 11) is 0. The fourth-order valence-electron chi connectivity index (χ4n) is 3.15. The molecule has 3 rings (SSSR count). The van der Waals surface area contributed by atoms with Crippen LogP contribution in [0.5, 0.6) is 0 Å². The highest BCUT2D eigenvalue weighted by molar-refractivity contribution is 6.30. The van der Waals surface area contributed by atoms with Gasteiger partial charge in [0.2, 0.25) is 0 Å². The van der Waals surface area contributed by atoms with E-state index >= 15 is 0 Å². The molecule has 26 heavy (non-hydrogen) atoms. The molecule has 136 valence electrons. The van der Waals surface area contributed by atoms with Gasteiger partial charge < -0.3 is 10.2 Å². The molecule has 1 fully saturated rings. The van der Waals surface area contributed by atoms with E-state index in [1.807, 2.05) is 11.8 Å². The van der Waals surface area contributed by atoms with E-state index in [9.17, 15) is 9.59 Å². The normalized spacial score (nSPS) is 15.0. The van der Waals surface area contributed by atoms with Crippen LogP contribution in [0.4, 0.5) is 5.69 Å². The molecule has 1 saturated heterocycles. The summed E-state index contributed by atoms with van der Waals surface area (Å²) >= 11 is 5.95. The number of carbonyl (C=O) groups excluding carboxylic acids is 2. The lowest BCUT2D eigenvalue weighted by Gasteiger charge is -2.30. The molecule has 4 nitrogen and oxygen atoms in total. The largest absolute Gasteiger partial charge is 0.339 e. The molecule has 0 aliphatic carbocycles. The van der Waals surface area contributed by atoms with Crippen LogP contribution >= 0.6 is 11.6 Å². The number of amides is 2. The zero-order chi connectivity index (χ0) is 18.7. The summed E-state index contributed by atoms with van der Waals surface area (Å²) in [6.45, 7) is 5.66. The Kier molecular flexibility index (Phi) is 5.62. The van der Waals surface area contributed by atoms with E-state index in [1.165, 1.54) is 0 Å². The molecule has 0 atom stereocenters. The molecule has 0 aromatic heterocycles. The number of benzene rings is 2. The van der Waals surface area contributed by atoms with Crippen molar-refractivity contribution in [1.82, 2.24) is 4.90 Å². The fourth-order valence-corrected chi connectivity index (χ4v) is 3.38. The second-order valence-electron chi connectivity index (χ2n) is 6.97. The Balaban J connectivity index is 1.74. The number of carbonyl (C=O) groups is 2. The van der Waals surface area contributed by atoms with Crippen molar-refractivity contribution >= 4 is 29.1 Å². The van der Waals surface area contributed by atoms with Crippen molar-refractivity contribution in [3.63, 3.8) is 0 Å². The Labute approximate surface area is 159 Å². The Bertz CT molecular complexity index is 827. The van der Waals surface area contributed by atoms with Gasteiger partial charge in [0.15, 0.2) is 0 Å². The molecule has 0 unspecified atom stereocenters. The van der Waals surface area contributed by atoms with Crippen LogP contribution in [0.1, 0.15) is 46.0 Å². The lowest BCUT2D eigenvalue weighted by molar-refractivity contribution is 0.0697. The fraction of sp³-hybridized carbons (Fsp3) is 0.333. The third-order valence-corrected chi connectivity index (χ3v) is 5.11. The van der Waals surface area contributed by atoms with Crippen LogP contribution in [0.25, 0.3) is 0 Å². The van der Waals surface area contributed by atoms with Crippen molar-refractivity contribution in [3.05, 3.63) is 64.2 Å². The van der Waals surface area contributed by atoms with Crippen LogP contribution in [0.3, 0.4) is 0 Å². The van der Waals surface area contributed by atoms with Gasteiger partial charge in [0, 0.05) is 34.9 Å². The lowest BCUT2D eigenvalue weighted by Crippen LogP contribution is -2.38. The summed E-state index contributed by atoms with van der Waals surface area (Å²) in [6.07, 6.45) is 2.06. The van der Waals surface area contributed by atoms with Crippen LogP contribution in [0.15, 0.2) is 42.5 Å². The molecular weight excluding hydrogens is 348 g/mol. The van der Waals surface area contributed by atoms with Crippen LogP contribution in [-0.2, 0) is 0 Å². The van der Waals surface area contributed by atoms with Crippen molar-refractivity contribution in [3.8, 4) is 0 Å². The van der Waals surface area contributed by atoms with Gasteiger partial charge in [-0.25, -0.2) is 0 Å². The average molecular weight is 371 g/mol. The summed E-state index contributed by atoms with van der Waals surface area (Å²) < 4.78 is 0. The van der Waals surface area contributed by atoms with Gasteiger partial charge in [-0.2, -0.15) is 0 Å². The minimum Gasteiger partial charge on any atom is -0.339 e. The van der Waals surface area contributed by atoms with Gasteiger partial charge in [-0.3, -0.25) is 9.59 Å². The number of nitrogens with zero attached hydrogens (tertiary/aromatic N) is 1. The number of likely N-dealkylation sites (tertiary alicyclic amines) is 1. The molecule has 2 amide bonds. The SMILES string of the molecule is Cc1cc(Cl)ccc1NC(=O)c1cccc(C(=O)N2CCC(C)CC2)c1. The summed E-state index contributed by atoms with van der Waals surface area (Å²) in [4.78, 5) is 27.2. The van der Waals surface area contributed by atoms with E-state index in [4.69, 9.17) is 11.6 Å². The first-order valence-electron chi connectivity index (χ1n) is 8.91. The first-order valence-corrected chi connectivity index (χ1v) is 9.28. The predicted molar refractivity (Wildman–Crippen MR) is 105 cm³/mol. The van der Waals surface area contributed by atoms with E-state index in [0.29, 0.717) is 27.8 Å². The molecular formula is C21H23ClN2O2. The maximum Gasteiger partial charge on any atom is 0.255 e. The smallest absolute Gasteiger partial charge is 0.255 e. The van der Waals surface area contributed by atoms with Gasteiger partial charge in [-0.1, -0.05) is 24.6 Å². The van der Waals surface area contributed by atoms with Crippen molar-refractivity contribution in [2.75, 3.05) is 18.4 Å². The van der Waals surface area contributed by atoms with Crippen molar-refractivity contribution < 1.29 is 9.59 Å². The summed E-state index contributed by atoms with van der Waals surface area (Å²) in [5.41, 5.74) is 2.62. The van der Waals surface area contributed by atoms with Crippen molar-refractivity contribution in [2.24, 2.45) is 5.92 Å². The highest BCUT2D eigenvalue weighted by Gasteiger charge is 2.22. The van der Waals surface area contributed by atoms with Gasteiger partial charge in [-0.05, 0) is 67.6 Å². The van der Waals surface area contributed by atoms with E-state index in [2.05, 4.69) is 12.2 Å². The van der Waals surface area contributed by atoms with Gasteiger partial charge in [0.25, 0.3) is 11.8 Å². The number of nitrogens with one attached hydrogen (secondary N) is 1. The summed E-state index contributed by atoms with van der Waals surface area (Å²) in [6, 6.07) is 12.2. The molecule has 1 N–H and O–H groups in total. The molecule has 0 spiro atoms. The molecule has 2 aromatic carbocycles. The Morgan fingerprint density at radius 2 is 1.77 bits per heavy atom. The predicted octanol–water partition coefficient (Wildman–Crippen LogP) is 4.77. The second-order valence-corrected chi connectivity index (χ2v) is 7.41. The molecule has 1 aliphatic heterocycles. The van der Waals surface area contributed by atoms with Crippen molar-refractivity contribution in [1.29, 1.82) is 0 Å². The number of halogens is 1. The van der Waals surface area contributed by atoms with Gasteiger partial charge in [0.05, 0.1) is 0 Å². The van der Waals surface area contributed by atoms with E-state index < -0.39 is 0 Å². The monoisotopic (exact) mass is 370 g/mol. The molecule has 0 bridgehead atoms. The topological polar surface area (TPSA) is 49.4 Å². The van der Waals surface area contributed by atoms with E-state index in [1.54, 1.807) is 42.5 Å². The van der Waals surface area contributed by atoms with Crippen LogP contribution in [-0.4, -0.2) is 29.8 Å². The number of rotatable bonds is 3. The second kappa shape index (κ2) is 7.92. The highest BCUT2D eigenvalue weighted by Crippen LogP contribution is 2.21. The number of hydrogen-bond acceptors (Lipinski definition) is 2. The third kappa shape index (κ3) is 4.25. The van der Waals surface area contributed by atoms with E-state index in [0.717, 1.165) is 31.5 Å². The number of piperidine rings is 1. The molecule has 0 radical (unpaired) electrons. The minimum absolute atomic E-state index is 0.00535. The first kappa shape index (κ1) is 18.5. The average Bonchev–Trinajstić information content (AvgIpc) is 2.64. The molecule has 1 heterocycles. The standard InChI is InChI=1S/C21H23ClN2O2/c1-14-8-10-24(11-9-14)21(26)17-5-3-4-16(13-17)20(25)23-19-7-6-18(22)12-15(19)2/h3-7,12-14H,8-11H2,1-2H3,(H,23,25). The quantitative estimate of drug-likeness (QED) is 0.845. The molecule has 5 heteroatoms. The van der Waals surface area contributed by atoms with Crippen LogP contribution in [0.2, 0.25) is 5.02 Å². The maximum absolute atomic E-state index is 12.7. The highest BCUT2D eigenvalue weighted by atomic mass is 35.5. The van der Waals surface area contributed by atoms with Gasteiger partial charge in [0.1, 0.15) is 0 Å². The molecule has 2 aromatic rings. The first-order chi connectivity index (χ1) is 12.4. The Morgan fingerprint density at radius 1 is 1.08 bits per heavy atom. The van der Waals surface area contributed by atoms with Crippen molar-refractivity contribution in [2.45, 2.75) is 26.7 Å². The third-order valence-electron chi connectivity index (χ3n) is 4.88. The number of anilines is 1. The minimum atomic E-state index is -0.239. The zero-order valence-corrected chi connectivity index (χ0v) is 15.8. The Hall–Kier alpha value is -2.33. The van der Waals surface area contributed by atoms with Crippen LogP contribution < -0.4 is 5.32 Å². The zero-order valence-electron chi connectivity index (χ0n) is 15.1. The summed E-state index contributed by atoms with van der Waals surface area (Å²) in [5, 5.41) is 3.51.